The lowest BCUT2D eigenvalue weighted by Crippen LogP contribution is -2.31. The highest BCUT2D eigenvalue weighted by molar-refractivity contribution is 5.34. The van der Waals surface area contributed by atoms with Gasteiger partial charge in [-0.3, -0.25) is 4.90 Å². The van der Waals surface area contributed by atoms with Crippen molar-refractivity contribution in [2.75, 3.05) is 19.7 Å². The van der Waals surface area contributed by atoms with Crippen LogP contribution in [-0.4, -0.2) is 39.9 Å². The van der Waals surface area contributed by atoms with E-state index in [9.17, 15) is 5.11 Å². The minimum absolute atomic E-state index is 0.193. The molecule has 1 heterocycles. The molecule has 0 amide bonds. The first-order chi connectivity index (χ1) is 10.8. The smallest absolute Gasteiger partial charge is 0.216 e. The summed E-state index contributed by atoms with van der Waals surface area (Å²) < 4.78 is 5.42. The standard InChI is InChI=1S/C17H23N3O2/c1-13-18-19-17(22-13)7-4-10-20(11-12-21)16-9-8-14-5-2-3-6-15(14)16/h2-3,5-6,16,21H,4,7-12H2,1H3. The number of aryl methyl sites for hydroxylation is 3. The maximum atomic E-state index is 9.38. The summed E-state index contributed by atoms with van der Waals surface area (Å²) in [5, 5.41) is 17.3. The number of benzene rings is 1. The molecule has 1 aliphatic carbocycles. The Morgan fingerprint density at radius 2 is 2.14 bits per heavy atom. The average molecular weight is 301 g/mol. The summed E-state index contributed by atoms with van der Waals surface area (Å²) in [4.78, 5) is 2.38. The quantitative estimate of drug-likeness (QED) is 0.850. The van der Waals surface area contributed by atoms with Crippen LogP contribution in [0.15, 0.2) is 28.7 Å². The van der Waals surface area contributed by atoms with Crippen LogP contribution in [0.25, 0.3) is 0 Å². The Morgan fingerprint density at radius 1 is 1.27 bits per heavy atom. The fourth-order valence-electron chi connectivity index (χ4n) is 3.34. The molecule has 1 aromatic heterocycles. The molecule has 22 heavy (non-hydrogen) atoms. The van der Waals surface area contributed by atoms with Gasteiger partial charge in [0.15, 0.2) is 0 Å². The Hall–Kier alpha value is -1.72. The number of rotatable bonds is 7. The van der Waals surface area contributed by atoms with E-state index >= 15 is 0 Å². The minimum Gasteiger partial charge on any atom is -0.426 e. The van der Waals surface area contributed by atoms with Crippen LogP contribution in [0.1, 0.15) is 41.8 Å². The molecule has 118 valence electrons. The lowest BCUT2D eigenvalue weighted by molar-refractivity contribution is 0.147. The zero-order valence-electron chi connectivity index (χ0n) is 13.0. The topological polar surface area (TPSA) is 62.4 Å². The number of fused-ring (bicyclic) bond motifs is 1. The predicted octanol–water partition coefficient (Wildman–Crippen LogP) is 2.29. The number of hydrogen-bond donors (Lipinski definition) is 1. The molecule has 1 N–H and O–H groups in total. The van der Waals surface area contributed by atoms with Crippen molar-refractivity contribution in [3.63, 3.8) is 0 Å². The van der Waals surface area contributed by atoms with E-state index in [0.29, 0.717) is 24.4 Å². The van der Waals surface area contributed by atoms with Crippen molar-refractivity contribution in [1.29, 1.82) is 0 Å². The molecule has 5 nitrogen and oxygen atoms in total. The first-order valence-electron chi connectivity index (χ1n) is 7.99. The lowest BCUT2D eigenvalue weighted by Gasteiger charge is -2.28. The Morgan fingerprint density at radius 3 is 2.91 bits per heavy atom. The van der Waals surface area contributed by atoms with E-state index in [1.54, 1.807) is 0 Å². The molecule has 0 bridgehead atoms. The van der Waals surface area contributed by atoms with Crippen molar-refractivity contribution < 1.29 is 9.52 Å². The lowest BCUT2D eigenvalue weighted by atomic mass is 10.1. The van der Waals surface area contributed by atoms with Gasteiger partial charge in [0.1, 0.15) is 0 Å². The van der Waals surface area contributed by atoms with Gasteiger partial charge in [0.2, 0.25) is 11.8 Å². The fraction of sp³-hybridized carbons (Fsp3) is 0.529. The second kappa shape index (κ2) is 7.03. The van der Waals surface area contributed by atoms with Crippen molar-refractivity contribution in [3.8, 4) is 0 Å². The molecule has 1 atom stereocenters. The van der Waals surface area contributed by atoms with Crippen LogP contribution in [0, 0.1) is 6.92 Å². The van der Waals surface area contributed by atoms with Crippen LogP contribution in [-0.2, 0) is 12.8 Å². The van der Waals surface area contributed by atoms with Gasteiger partial charge in [-0.25, -0.2) is 0 Å². The van der Waals surface area contributed by atoms with Crippen LogP contribution in [0.5, 0.6) is 0 Å². The summed E-state index contributed by atoms with van der Waals surface area (Å²) in [6.45, 7) is 3.64. The Bertz CT molecular complexity index is 611. The van der Waals surface area contributed by atoms with Gasteiger partial charge >= 0.3 is 0 Å². The van der Waals surface area contributed by atoms with Gasteiger partial charge in [-0.1, -0.05) is 24.3 Å². The molecule has 3 rings (SSSR count). The molecule has 1 aromatic carbocycles. The number of aromatic nitrogens is 2. The second-order valence-corrected chi connectivity index (χ2v) is 5.83. The molecule has 0 saturated heterocycles. The van der Waals surface area contributed by atoms with Crippen LogP contribution < -0.4 is 0 Å². The zero-order valence-corrected chi connectivity index (χ0v) is 13.0. The predicted molar refractivity (Wildman–Crippen MR) is 83.5 cm³/mol. The highest BCUT2D eigenvalue weighted by Crippen LogP contribution is 2.35. The third-order valence-electron chi connectivity index (χ3n) is 4.33. The fourth-order valence-corrected chi connectivity index (χ4v) is 3.34. The van der Waals surface area contributed by atoms with Crippen molar-refractivity contribution in [2.24, 2.45) is 0 Å². The first kappa shape index (κ1) is 15.2. The SMILES string of the molecule is Cc1nnc(CCCN(CCO)C2CCc3ccccc32)o1. The van der Waals surface area contributed by atoms with Gasteiger partial charge in [0.25, 0.3) is 0 Å². The van der Waals surface area contributed by atoms with Crippen molar-refractivity contribution in [2.45, 2.75) is 38.6 Å². The van der Waals surface area contributed by atoms with Crippen molar-refractivity contribution in [3.05, 3.63) is 47.2 Å². The molecule has 5 heteroatoms. The normalized spacial score (nSPS) is 17.1. The van der Waals surface area contributed by atoms with E-state index in [1.807, 2.05) is 6.92 Å². The summed E-state index contributed by atoms with van der Waals surface area (Å²) in [7, 11) is 0. The molecular formula is C17H23N3O2. The van der Waals surface area contributed by atoms with Gasteiger partial charge in [0, 0.05) is 25.9 Å². The van der Waals surface area contributed by atoms with E-state index in [0.717, 1.165) is 32.2 Å². The summed E-state index contributed by atoms with van der Waals surface area (Å²) >= 11 is 0. The molecule has 0 saturated carbocycles. The molecule has 2 aromatic rings. The van der Waals surface area contributed by atoms with Crippen LogP contribution in [0.3, 0.4) is 0 Å². The average Bonchev–Trinajstić information content (AvgIpc) is 3.13. The molecule has 0 radical (unpaired) electrons. The minimum atomic E-state index is 0.193. The van der Waals surface area contributed by atoms with E-state index < -0.39 is 0 Å². The summed E-state index contributed by atoms with van der Waals surface area (Å²) in [6, 6.07) is 9.07. The highest BCUT2D eigenvalue weighted by Gasteiger charge is 2.27. The summed E-state index contributed by atoms with van der Waals surface area (Å²) in [5.41, 5.74) is 2.87. The number of aliphatic hydroxyl groups excluding tert-OH is 1. The van der Waals surface area contributed by atoms with E-state index in [1.165, 1.54) is 11.1 Å². The Labute approximate surface area is 131 Å². The van der Waals surface area contributed by atoms with Gasteiger partial charge in [-0.2, -0.15) is 0 Å². The van der Waals surface area contributed by atoms with Crippen molar-refractivity contribution in [1.82, 2.24) is 15.1 Å². The van der Waals surface area contributed by atoms with E-state index in [2.05, 4.69) is 39.4 Å². The van der Waals surface area contributed by atoms with Crippen LogP contribution in [0.2, 0.25) is 0 Å². The highest BCUT2D eigenvalue weighted by atomic mass is 16.4. The second-order valence-electron chi connectivity index (χ2n) is 5.83. The summed E-state index contributed by atoms with van der Waals surface area (Å²) in [5.74, 6) is 1.32. The maximum absolute atomic E-state index is 9.38. The number of nitrogens with zero attached hydrogens (tertiary/aromatic N) is 3. The van der Waals surface area contributed by atoms with Crippen LogP contribution in [0.4, 0.5) is 0 Å². The monoisotopic (exact) mass is 301 g/mol. The number of hydrogen-bond acceptors (Lipinski definition) is 5. The summed E-state index contributed by atoms with van der Waals surface area (Å²) in [6.07, 6.45) is 4.02. The molecule has 0 fully saturated rings. The van der Waals surface area contributed by atoms with E-state index in [4.69, 9.17) is 4.42 Å². The van der Waals surface area contributed by atoms with Gasteiger partial charge in [-0.05, 0) is 36.9 Å². The molecule has 1 aliphatic rings. The molecule has 0 spiro atoms. The van der Waals surface area contributed by atoms with E-state index in [-0.39, 0.29) is 6.61 Å². The largest absolute Gasteiger partial charge is 0.426 e. The molecule has 1 unspecified atom stereocenters. The number of aliphatic hydroxyl groups is 1. The third kappa shape index (κ3) is 3.36. The van der Waals surface area contributed by atoms with Crippen LogP contribution >= 0.6 is 0 Å². The molecular weight excluding hydrogens is 278 g/mol. The Balaban J connectivity index is 1.61. The maximum Gasteiger partial charge on any atom is 0.216 e. The van der Waals surface area contributed by atoms with Gasteiger partial charge in [0.05, 0.1) is 6.61 Å². The third-order valence-corrected chi connectivity index (χ3v) is 4.33. The molecule has 0 aliphatic heterocycles. The van der Waals surface area contributed by atoms with Gasteiger partial charge in [-0.15, -0.1) is 10.2 Å². The first-order valence-corrected chi connectivity index (χ1v) is 7.99. The van der Waals surface area contributed by atoms with Crippen molar-refractivity contribution >= 4 is 0 Å². The van der Waals surface area contributed by atoms with Gasteiger partial charge < -0.3 is 9.52 Å². The Kier molecular flexibility index (Phi) is 4.85. The zero-order chi connectivity index (χ0) is 15.4.